The van der Waals surface area contributed by atoms with Crippen LogP contribution in [0.25, 0.3) is 0 Å². The number of ether oxygens (including phenoxy) is 1. The lowest BCUT2D eigenvalue weighted by Crippen LogP contribution is -2.12. The Hall–Kier alpha value is -2.89. The monoisotopic (exact) mass is 272 g/mol. The number of amides is 1. The molecule has 6 nitrogen and oxygen atoms in total. The topological polar surface area (TPSA) is 81.5 Å². The van der Waals surface area contributed by atoms with Gasteiger partial charge in [-0.15, -0.1) is 0 Å². The zero-order valence-corrected chi connectivity index (χ0v) is 10.7. The molecule has 6 heteroatoms. The molecular weight excluding hydrogens is 260 g/mol. The lowest BCUT2D eigenvalue weighted by molar-refractivity contribution is -0.385. The van der Waals surface area contributed by atoms with Crippen LogP contribution in [-0.2, 0) is 0 Å². The van der Waals surface area contributed by atoms with Gasteiger partial charge in [-0.1, -0.05) is 24.3 Å². The molecule has 0 aliphatic rings. The highest BCUT2D eigenvalue weighted by molar-refractivity contribution is 6.05. The molecule has 0 bridgehead atoms. The molecule has 2 rings (SSSR count). The molecule has 2 aromatic carbocycles. The third-order valence-corrected chi connectivity index (χ3v) is 2.68. The number of hydrogen-bond donors (Lipinski definition) is 1. The first-order chi connectivity index (χ1) is 9.63. The van der Waals surface area contributed by atoms with Crippen LogP contribution in [0.1, 0.15) is 10.4 Å². The molecular formula is C14H12N2O4. The van der Waals surface area contributed by atoms with E-state index in [1.54, 1.807) is 36.4 Å². The van der Waals surface area contributed by atoms with Crippen LogP contribution in [0, 0.1) is 10.1 Å². The van der Waals surface area contributed by atoms with E-state index in [9.17, 15) is 14.9 Å². The van der Waals surface area contributed by atoms with E-state index >= 15 is 0 Å². The van der Waals surface area contributed by atoms with Crippen LogP contribution in [0.5, 0.6) is 5.75 Å². The molecule has 0 aliphatic heterocycles. The summed E-state index contributed by atoms with van der Waals surface area (Å²) in [6.07, 6.45) is 0. The second-order valence-corrected chi connectivity index (χ2v) is 3.94. The Balaban J connectivity index is 2.32. The van der Waals surface area contributed by atoms with Crippen LogP contribution in [0.3, 0.4) is 0 Å². The Labute approximate surface area is 115 Å². The zero-order valence-electron chi connectivity index (χ0n) is 10.7. The van der Waals surface area contributed by atoms with Crippen molar-refractivity contribution in [3.63, 3.8) is 0 Å². The summed E-state index contributed by atoms with van der Waals surface area (Å²) in [5.74, 6) is -0.328. The van der Waals surface area contributed by atoms with E-state index in [4.69, 9.17) is 4.74 Å². The molecule has 0 fully saturated rings. The van der Waals surface area contributed by atoms with Crippen molar-refractivity contribution in [1.29, 1.82) is 0 Å². The highest BCUT2D eigenvalue weighted by Crippen LogP contribution is 2.34. The fraction of sp³-hybridized carbons (Fsp3) is 0.0714. The first-order valence-electron chi connectivity index (χ1n) is 5.81. The Morgan fingerprint density at radius 1 is 1.15 bits per heavy atom. The van der Waals surface area contributed by atoms with Gasteiger partial charge in [-0.05, 0) is 18.2 Å². The minimum absolute atomic E-state index is 0.0294. The summed E-state index contributed by atoms with van der Waals surface area (Å²) in [5.41, 5.74) is 0.523. The minimum Gasteiger partial charge on any atom is -0.489 e. The molecule has 102 valence electrons. The number of benzene rings is 2. The maximum atomic E-state index is 12.0. The Bertz CT molecular complexity index is 641. The van der Waals surface area contributed by atoms with E-state index in [-0.39, 0.29) is 23.0 Å². The van der Waals surface area contributed by atoms with E-state index in [0.29, 0.717) is 5.56 Å². The first kappa shape index (κ1) is 13.5. The minimum atomic E-state index is -0.559. The van der Waals surface area contributed by atoms with E-state index in [2.05, 4.69) is 5.32 Å². The smallest absolute Gasteiger partial charge is 0.313 e. The van der Waals surface area contributed by atoms with Crippen LogP contribution < -0.4 is 10.1 Å². The number of carbonyl (C=O) groups is 1. The molecule has 0 atom stereocenters. The highest BCUT2D eigenvalue weighted by Gasteiger charge is 2.19. The third kappa shape index (κ3) is 2.74. The van der Waals surface area contributed by atoms with E-state index < -0.39 is 4.92 Å². The largest absolute Gasteiger partial charge is 0.489 e. The van der Waals surface area contributed by atoms with Gasteiger partial charge in [0.25, 0.3) is 5.91 Å². The standard InChI is InChI=1S/C14H12N2O4/c1-20-13-11(8-5-9-12(13)16(18)19)15-14(17)10-6-3-2-4-7-10/h2-9H,1H3,(H,15,17). The highest BCUT2D eigenvalue weighted by atomic mass is 16.6. The van der Waals surface area contributed by atoms with Gasteiger partial charge in [0.2, 0.25) is 5.75 Å². The number of hydrogen-bond acceptors (Lipinski definition) is 4. The summed E-state index contributed by atoms with van der Waals surface area (Å²) in [6.45, 7) is 0. The first-order valence-corrected chi connectivity index (χ1v) is 5.81. The van der Waals surface area contributed by atoms with Crippen molar-refractivity contribution in [3.8, 4) is 5.75 Å². The number of carbonyl (C=O) groups excluding carboxylic acids is 1. The van der Waals surface area contributed by atoms with Crippen LogP contribution in [-0.4, -0.2) is 17.9 Å². The molecule has 0 spiro atoms. The maximum Gasteiger partial charge on any atom is 0.313 e. The summed E-state index contributed by atoms with van der Waals surface area (Å²) in [7, 11) is 1.32. The van der Waals surface area contributed by atoms with E-state index in [1.165, 1.54) is 19.2 Å². The van der Waals surface area contributed by atoms with Crippen molar-refractivity contribution in [2.45, 2.75) is 0 Å². The molecule has 0 unspecified atom stereocenters. The zero-order chi connectivity index (χ0) is 14.5. The van der Waals surface area contributed by atoms with Crippen molar-refractivity contribution >= 4 is 17.3 Å². The molecule has 0 heterocycles. The van der Waals surface area contributed by atoms with Crippen molar-refractivity contribution < 1.29 is 14.5 Å². The van der Waals surface area contributed by atoms with Crippen molar-refractivity contribution in [2.75, 3.05) is 12.4 Å². The predicted molar refractivity (Wildman–Crippen MR) is 74.0 cm³/mol. The Kier molecular flexibility index (Phi) is 3.95. The molecule has 0 aromatic heterocycles. The maximum absolute atomic E-state index is 12.0. The average Bonchev–Trinajstić information content (AvgIpc) is 2.47. The number of nitrogens with one attached hydrogen (secondary N) is 1. The third-order valence-electron chi connectivity index (χ3n) is 2.68. The fourth-order valence-corrected chi connectivity index (χ4v) is 1.77. The van der Waals surface area contributed by atoms with E-state index in [1.807, 2.05) is 0 Å². The van der Waals surface area contributed by atoms with Crippen molar-refractivity contribution in [1.82, 2.24) is 0 Å². The molecule has 1 N–H and O–H groups in total. The van der Waals surface area contributed by atoms with Gasteiger partial charge in [0.05, 0.1) is 17.7 Å². The van der Waals surface area contributed by atoms with Crippen LogP contribution in [0.2, 0.25) is 0 Å². The van der Waals surface area contributed by atoms with Crippen LogP contribution >= 0.6 is 0 Å². The Morgan fingerprint density at radius 2 is 1.85 bits per heavy atom. The summed E-state index contributed by atoms with van der Waals surface area (Å²) in [5, 5.41) is 13.5. The number of nitro benzene ring substituents is 1. The number of rotatable bonds is 4. The lowest BCUT2D eigenvalue weighted by atomic mass is 10.2. The van der Waals surface area contributed by atoms with Crippen molar-refractivity contribution in [3.05, 3.63) is 64.2 Å². The predicted octanol–water partition coefficient (Wildman–Crippen LogP) is 2.86. The number of nitrogens with zero attached hydrogens (tertiary/aromatic N) is 1. The molecule has 0 radical (unpaired) electrons. The van der Waals surface area contributed by atoms with Gasteiger partial charge in [0.1, 0.15) is 0 Å². The summed E-state index contributed by atoms with van der Waals surface area (Å²) in [4.78, 5) is 22.4. The van der Waals surface area contributed by atoms with Crippen LogP contribution in [0.15, 0.2) is 48.5 Å². The Morgan fingerprint density at radius 3 is 2.45 bits per heavy atom. The average molecular weight is 272 g/mol. The van der Waals surface area contributed by atoms with Crippen molar-refractivity contribution in [2.24, 2.45) is 0 Å². The van der Waals surface area contributed by atoms with Gasteiger partial charge in [0.15, 0.2) is 0 Å². The summed E-state index contributed by atoms with van der Waals surface area (Å²) < 4.78 is 5.02. The second kappa shape index (κ2) is 5.83. The lowest BCUT2D eigenvalue weighted by Gasteiger charge is -2.10. The molecule has 0 aliphatic carbocycles. The number of methoxy groups -OCH3 is 1. The quantitative estimate of drug-likeness (QED) is 0.685. The molecule has 20 heavy (non-hydrogen) atoms. The van der Waals surface area contributed by atoms with Gasteiger partial charge in [-0.25, -0.2) is 0 Å². The van der Waals surface area contributed by atoms with E-state index in [0.717, 1.165) is 0 Å². The van der Waals surface area contributed by atoms with Gasteiger partial charge in [-0.2, -0.15) is 0 Å². The molecule has 1 amide bonds. The fourth-order valence-electron chi connectivity index (χ4n) is 1.77. The SMILES string of the molecule is COc1c(NC(=O)c2ccccc2)cccc1[N+](=O)[O-]. The normalized spacial score (nSPS) is 9.85. The second-order valence-electron chi connectivity index (χ2n) is 3.94. The molecule has 0 saturated carbocycles. The summed E-state index contributed by atoms with van der Waals surface area (Å²) >= 11 is 0. The van der Waals surface area contributed by atoms with Crippen LogP contribution in [0.4, 0.5) is 11.4 Å². The molecule has 0 saturated heterocycles. The van der Waals surface area contributed by atoms with Gasteiger partial charge in [-0.3, -0.25) is 14.9 Å². The number of nitro groups is 1. The van der Waals surface area contributed by atoms with Gasteiger partial charge in [0, 0.05) is 11.6 Å². The summed E-state index contributed by atoms with van der Waals surface area (Å²) in [6, 6.07) is 12.9. The molecule has 2 aromatic rings. The van der Waals surface area contributed by atoms with Gasteiger partial charge < -0.3 is 10.1 Å². The number of anilines is 1. The number of para-hydroxylation sites is 1. The van der Waals surface area contributed by atoms with Gasteiger partial charge >= 0.3 is 5.69 Å².